The number of aliphatic hydroxyl groups excluding tert-OH is 1. The monoisotopic (exact) mass is 473 g/mol. The first-order chi connectivity index (χ1) is 16.7. The Balaban J connectivity index is 1.86. The fourth-order valence-electron chi connectivity index (χ4n) is 3.24. The fourth-order valence-corrected chi connectivity index (χ4v) is 3.24. The lowest BCUT2D eigenvalue weighted by molar-refractivity contribution is -0.00259. The number of anilines is 2. The Hall–Kier alpha value is -2.33. The summed E-state index contributed by atoms with van der Waals surface area (Å²) in [5, 5.41) is 10.1. The number of aromatic nitrogens is 3. The third-order valence-corrected chi connectivity index (χ3v) is 5.68. The second-order valence-electron chi connectivity index (χ2n) is 8.48. The van der Waals surface area contributed by atoms with E-state index in [1.165, 1.54) is 6.42 Å². The lowest BCUT2D eigenvalue weighted by Gasteiger charge is -2.29. The van der Waals surface area contributed by atoms with E-state index in [1.807, 2.05) is 35.2 Å². The van der Waals surface area contributed by atoms with Crippen molar-refractivity contribution >= 4 is 11.9 Å². The van der Waals surface area contributed by atoms with Gasteiger partial charge in [0.1, 0.15) is 26.9 Å². The van der Waals surface area contributed by atoms with Crippen molar-refractivity contribution in [2.75, 3.05) is 49.9 Å². The van der Waals surface area contributed by atoms with E-state index >= 15 is 0 Å². The van der Waals surface area contributed by atoms with Gasteiger partial charge in [0, 0.05) is 18.8 Å². The molecule has 0 unspecified atom stereocenters. The van der Waals surface area contributed by atoms with Gasteiger partial charge in [0.15, 0.2) is 5.82 Å². The molecule has 0 aliphatic heterocycles. The summed E-state index contributed by atoms with van der Waals surface area (Å²) in [6, 6.07) is 9.76. The molecule has 188 valence electrons. The van der Waals surface area contributed by atoms with Crippen molar-refractivity contribution in [3.8, 4) is 11.4 Å². The molecule has 0 bridgehead atoms. The van der Waals surface area contributed by atoms with Crippen molar-refractivity contribution in [2.45, 2.75) is 64.9 Å². The van der Waals surface area contributed by atoms with E-state index in [-0.39, 0.29) is 19.6 Å². The topological polar surface area (TPSA) is 93.1 Å². The molecule has 1 fully saturated rings. The summed E-state index contributed by atoms with van der Waals surface area (Å²) in [5.74, 6) is 1.33. The third kappa shape index (κ3) is 8.16. The standard InChI is InChI=1S/C25H39N5O4/c1-3-5-15-32-18-30(19-33-16-6-4-2)25-27-23(21-11-8-7-9-12-21)26-24(28-25)29(17-31)20-34-22-13-10-14-22/h7-9,11-12,22,31H,3-6,10,13-20H2,1-2H3. The minimum absolute atomic E-state index is 0.221. The van der Waals surface area contributed by atoms with Gasteiger partial charge in [0.2, 0.25) is 11.9 Å². The maximum atomic E-state index is 10.1. The molecule has 9 heteroatoms. The summed E-state index contributed by atoms with van der Waals surface area (Å²) in [5.41, 5.74) is 0.865. The molecule has 0 spiro atoms. The minimum atomic E-state index is -0.260. The molecule has 3 rings (SSSR count). The molecule has 2 aromatic rings. The molecule has 0 amide bonds. The average Bonchev–Trinajstić information content (AvgIpc) is 2.85. The second kappa shape index (κ2) is 14.8. The van der Waals surface area contributed by atoms with Crippen LogP contribution in [0.3, 0.4) is 0 Å². The quantitative estimate of drug-likeness (QED) is 0.268. The van der Waals surface area contributed by atoms with E-state index in [2.05, 4.69) is 23.8 Å². The number of nitrogens with zero attached hydrogens (tertiary/aromatic N) is 5. The largest absolute Gasteiger partial charge is 0.376 e. The zero-order valence-electron chi connectivity index (χ0n) is 20.6. The van der Waals surface area contributed by atoms with Gasteiger partial charge in [-0.05, 0) is 32.1 Å². The van der Waals surface area contributed by atoms with Crippen LogP contribution in [0.1, 0.15) is 58.8 Å². The highest BCUT2D eigenvalue weighted by Gasteiger charge is 2.22. The summed E-state index contributed by atoms with van der Waals surface area (Å²) in [7, 11) is 0. The van der Waals surface area contributed by atoms with E-state index < -0.39 is 0 Å². The van der Waals surface area contributed by atoms with E-state index in [4.69, 9.17) is 19.2 Å². The molecule has 0 radical (unpaired) electrons. The molecular formula is C25H39N5O4. The van der Waals surface area contributed by atoms with Crippen molar-refractivity contribution < 1.29 is 19.3 Å². The summed E-state index contributed by atoms with van der Waals surface area (Å²) in [6.45, 7) is 6.15. The Morgan fingerprint density at radius 1 is 0.853 bits per heavy atom. The van der Waals surface area contributed by atoms with Crippen LogP contribution in [0.25, 0.3) is 11.4 Å². The van der Waals surface area contributed by atoms with Gasteiger partial charge in [-0.25, -0.2) is 0 Å². The zero-order valence-corrected chi connectivity index (χ0v) is 20.6. The Labute approximate surface area is 203 Å². The van der Waals surface area contributed by atoms with Crippen LogP contribution in [0.4, 0.5) is 11.9 Å². The number of hydrogen-bond donors (Lipinski definition) is 1. The maximum absolute atomic E-state index is 10.1. The van der Waals surface area contributed by atoms with Gasteiger partial charge in [0.25, 0.3) is 0 Å². The van der Waals surface area contributed by atoms with E-state index in [1.54, 1.807) is 4.90 Å². The highest BCUT2D eigenvalue weighted by atomic mass is 16.5. The molecular weight excluding hydrogens is 434 g/mol. The molecule has 0 atom stereocenters. The molecule has 1 aromatic carbocycles. The van der Waals surface area contributed by atoms with Crippen molar-refractivity contribution in [3.63, 3.8) is 0 Å². The van der Waals surface area contributed by atoms with E-state index in [9.17, 15) is 5.11 Å². The maximum Gasteiger partial charge on any atom is 0.234 e. The predicted octanol–water partition coefficient (Wildman–Crippen LogP) is 4.18. The van der Waals surface area contributed by atoms with Gasteiger partial charge in [-0.2, -0.15) is 15.0 Å². The van der Waals surface area contributed by atoms with Crippen LogP contribution in [0.5, 0.6) is 0 Å². The van der Waals surface area contributed by atoms with Crippen LogP contribution < -0.4 is 9.80 Å². The number of aliphatic hydroxyl groups is 1. The number of rotatable bonds is 17. The minimum Gasteiger partial charge on any atom is -0.376 e. The van der Waals surface area contributed by atoms with E-state index in [0.717, 1.165) is 44.1 Å². The summed E-state index contributed by atoms with van der Waals surface area (Å²) < 4.78 is 17.7. The molecule has 1 aromatic heterocycles. The number of ether oxygens (including phenoxy) is 3. The van der Waals surface area contributed by atoms with Crippen molar-refractivity contribution in [1.29, 1.82) is 0 Å². The fraction of sp³-hybridized carbons (Fsp3) is 0.640. The van der Waals surface area contributed by atoms with Gasteiger partial charge >= 0.3 is 0 Å². The SMILES string of the molecule is CCCCOCN(COCCCC)c1nc(-c2ccccc2)nc(N(CO)COC2CCC2)n1. The predicted molar refractivity (Wildman–Crippen MR) is 132 cm³/mol. The van der Waals surface area contributed by atoms with Gasteiger partial charge in [-0.15, -0.1) is 0 Å². The summed E-state index contributed by atoms with van der Waals surface area (Å²) in [6.07, 6.45) is 7.62. The number of hydrogen-bond acceptors (Lipinski definition) is 9. The van der Waals surface area contributed by atoms with Crippen molar-refractivity contribution in [3.05, 3.63) is 30.3 Å². The molecule has 1 aliphatic rings. The first-order valence-corrected chi connectivity index (χ1v) is 12.4. The average molecular weight is 474 g/mol. The molecule has 1 N–H and O–H groups in total. The Morgan fingerprint density at radius 3 is 2.00 bits per heavy atom. The highest BCUT2D eigenvalue weighted by Crippen LogP contribution is 2.24. The molecule has 1 aliphatic carbocycles. The smallest absolute Gasteiger partial charge is 0.234 e. The number of benzene rings is 1. The summed E-state index contributed by atoms with van der Waals surface area (Å²) >= 11 is 0. The molecule has 1 heterocycles. The van der Waals surface area contributed by atoms with Crippen LogP contribution in [0.15, 0.2) is 30.3 Å². The molecule has 9 nitrogen and oxygen atoms in total. The first kappa shape index (κ1) is 26.3. The highest BCUT2D eigenvalue weighted by molar-refractivity contribution is 5.58. The number of unbranched alkanes of at least 4 members (excludes halogenated alkanes) is 2. The van der Waals surface area contributed by atoms with Crippen molar-refractivity contribution in [1.82, 2.24) is 15.0 Å². The molecule has 1 saturated carbocycles. The van der Waals surface area contributed by atoms with Crippen LogP contribution in [-0.2, 0) is 14.2 Å². The van der Waals surface area contributed by atoms with Crippen molar-refractivity contribution in [2.24, 2.45) is 0 Å². The molecule has 34 heavy (non-hydrogen) atoms. The van der Waals surface area contributed by atoms with Crippen LogP contribution in [-0.4, -0.2) is 66.3 Å². The van der Waals surface area contributed by atoms with Crippen LogP contribution in [0, 0.1) is 0 Å². The lowest BCUT2D eigenvalue weighted by atomic mass is 9.96. The lowest BCUT2D eigenvalue weighted by Crippen LogP contribution is -2.35. The normalized spacial score (nSPS) is 13.6. The van der Waals surface area contributed by atoms with Gasteiger partial charge in [0.05, 0.1) is 6.10 Å². The summed E-state index contributed by atoms with van der Waals surface area (Å²) in [4.78, 5) is 17.6. The van der Waals surface area contributed by atoms with Crippen LogP contribution in [0.2, 0.25) is 0 Å². The third-order valence-electron chi connectivity index (χ3n) is 5.68. The Morgan fingerprint density at radius 2 is 1.47 bits per heavy atom. The van der Waals surface area contributed by atoms with E-state index in [0.29, 0.717) is 44.4 Å². The Kier molecular flexibility index (Phi) is 11.5. The van der Waals surface area contributed by atoms with Gasteiger partial charge in [-0.3, -0.25) is 9.80 Å². The molecule has 0 saturated heterocycles. The first-order valence-electron chi connectivity index (χ1n) is 12.4. The second-order valence-corrected chi connectivity index (χ2v) is 8.48. The van der Waals surface area contributed by atoms with Crippen LogP contribution >= 0.6 is 0 Å². The Bertz CT molecular complexity index is 810. The zero-order chi connectivity index (χ0) is 24.0. The van der Waals surface area contributed by atoms with Gasteiger partial charge < -0.3 is 19.3 Å². The van der Waals surface area contributed by atoms with Gasteiger partial charge in [-0.1, -0.05) is 57.0 Å².